The highest BCUT2D eigenvalue weighted by molar-refractivity contribution is 5.97. The average molecular weight is 343 g/mol. The van der Waals surface area contributed by atoms with Gasteiger partial charge < -0.3 is 19.7 Å². The Morgan fingerprint density at radius 3 is 2.40 bits per heavy atom. The molecule has 1 aromatic carbocycles. The van der Waals surface area contributed by atoms with Crippen molar-refractivity contribution in [3.63, 3.8) is 0 Å². The maximum Gasteiger partial charge on any atom is 0.317 e. The number of carbonyl (C=O) groups is 2. The molecule has 0 aliphatic carbocycles. The van der Waals surface area contributed by atoms with E-state index in [1.807, 2.05) is 50.6 Å². The lowest BCUT2D eigenvalue weighted by Crippen LogP contribution is -2.54. The summed E-state index contributed by atoms with van der Waals surface area (Å²) in [7, 11) is 1.97. The number of imidazole rings is 1. The van der Waals surface area contributed by atoms with Crippen molar-refractivity contribution in [1.82, 2.24) is 24.7 Å². The first-order valence-electron chi connectivity index (χ1n) is 8.64. The summed E-state index contributed by atoms with van der Waals surface area (Å²) < 4.78 is 2.01. The molecule has 0 unspecified atom stereocenters. The number of rotatable bonds is 2. The van der Waals surface area contributed by atoms with Crippen LogP contribution >= 0.6 is 0 Å². The molecule has 0 spiro atoms. The van der Waals surface area contributed by atoms with E-state index in [2.05, 4.69) is 10.3 Å². The van der Waals surface area contributed by atoms with Gasteiger partial charge in [-0.3, -0.25) is 4.79 Å². The molecule has 1 saturated heterocycles. The number of fused-ring (bicyclic) bond motifs is 1. The van der Waals surface area contributed by atoms with Gasteiger partial charge in [0.25, 0.3) is 5.91 Å². The number of nitrogens with zero attached hydrogens (tertiary/aromatic N) is 4. The molecule has 1 aromatic heterocycles. The summed E-state index contributed by atoms with van der Waals surface area (Å²) in [6, 6.07) is 5.69. The second-order valence-corrected chi connectivity index (χ2v) is 6.80. The lowest BCUT2D eigenvalue weighted by molar-refractivity contribution is 0.0664. The van der Waals surface area contributed by atoms with Gasteiger partial charge >= 0.3 is 6.03 Å². The molecule has 1 aliphatic heterocycles. The number of aryl methyl sites for hydroxylation is 2. The Labute approximate surface area is 147 Å². The number of amides is 3. The highest BCUT2D eigenvalue weighted by atomic mass is 16.2. The van der Waals surface area contributed by atoms with Crippen molar-refractivity contribution in [2.45, 2.75) is 26.8 Å². The van der Waals surface area contributed by atoms with Gasteiger partial charge in [0.1, 0.15) is 5.82 Å². The minimum atomic E-state index is -0.0625. The second-order valence-electron chi connectivity index (χ2n) is 6.80. The van der Waals surface area contributed by atoms with Crippen LogP contribution in [0.5, 0.6) is 0 Å². The number of carbonyl (C=O) groups excluding carboxylic acids is 2. The number of nitrogens with one attached hydrogen (secondary N) is 1. The minimum Gasteiger partial charge on any atom is -0.336 e. The zero-order valence-electron chi connectivity index (χ0n) is 15.2. The normalized spacial score (nSPS) is 15.1. The van der Waals surface area contributed by atoms with Crippen LogP contribution in [-0.4, -0.2) is 63.5 Å². The van der Waals surface area contributed by atoms with Gasteiger partial charge in [0.15, 0.2) is 0 Å². The Hall–Kier alpha value is -2.57. The maximum atomic E-state index is 12.8. The number of hydrogen-bond acceptors (Lipinski definition) is 3. The fourth-order valence-electron chi connectivity index (χ4n) is 3.09. The van der Waals surface area contributed by atoms with Crippen LogP contribution in [0.4, 0.5) is 4.79 Å². The van der Waals surface area contributed by atoms with Crippen molar-refractivity contribution >= 4 is 23.0 Å². The van der Waals surface area contributed by atoms with Gasteiger partial charge in [0.05, 0.1) is 11.0 Å². The zero-order chi connectivity index (χ0) is 18.1. The Kier molecular flexibility index (Phi) is 4.65. The number of urea groups is 1. The van der Waals surface area contributed by atoms with E-state index in [1.165, 1.54) is 0 Å². The van der Waals surface area contributed by atoms with Crippen molar-refractivity contribution in [3.8, 4) is 0 Å². The molecule has 3 amide bonds. The average Bonchev–Trinajstić information content (AvgIpc) is 2.87. The van der Waals surface area contributed by atoms with Crippen molar-refractivity contribution in [2.75, 3.05) is 26.2 Å². The summed E-state index contributed by atoms with van der Waals surface area (Å²) in [6.07, 6.45) is 0. The van der Waals surface area contributed by atoms with Gasteiger partial charge in [-0.15, -0.1) is 0 Å². The minimum absolute atomic E-state index is 0.00544. The predicted molar refractivity (Wildman–Crippen MR) is 96.6 cm³/mol. The summed E-state index contributed by atoms with van der Waals surface area (Å²) in [6.45, 7) is 8.01. The molecule has 2 heterocycles. The van der Waals surface area contributed by atoms with Crippen LogP contribution in [0.1, 0.15) is 30.0 Å². The molecule has 1 fully saturated rings. The van der Waals surface area contributed by atoms with Gasteiger partial charge in [-0.2, -0.15) is 0 Å². The first-order chi connectivity index (χ1) is 11.9. The third-order valence-corrected chi connectivity index (χ3v) is 4.62. The van der Waals surface area contributed by atoms with Crippen LogP contribution in [0.15, 0.2) is 18.2 Å². The summed E-state index contributed by atoms with van der Waals surface area (Å²) in [5.74, 6) is 0.915. The van der Waals surface area contributed by atoms with Gasteiger partial charge in [-0.1, -0.05) is 0 Å². The number of aromatic nitrogens is 2. The largest absolute Gasteiger partial charge is 0.336 e. The molecule has 7 nitrogen and oxygen atoms in total. The summed E-state index contributed by atoms with van der Waals surface area (Å²) in [5, 5.41) is 2.89. The Bertz CT molecular complexity index is 803. The molecule has 1 N–H and O–H groups in total. The molecule has 0 saturated carbocycles. The smallest absolute Gasteiger partial charge is 0.317 e. The third kappa shape index (κ3) is 3.45. The number of benzene rings is 1. The first kappa shape index (κ1) is 17.3. The zero-order valence-corrected chi connectivity index (χ0v) is 15.2. The van der Waals surface area contributed by atoms with Crippen LogP contribution < -0.4 is 5.32 Å². The molecule has 134 valence electrons. The van der Waals surface area contributed by atoms with E-state index in [1.54, 1.807) is 9.80 Å². The molecule has 2 aromatic rings. The molecule has 0 radical (unpaired) electrons. The van der Waals surface area contributed by atoms with Gasteiger partial charge in [-0.25, -0.2) is 9.78 Å². The Morgan fingerprint density at radius 2 is 1.76 bits per heavy atom. The number of hydrogen-bond donors (Lipinski definition) is 1. The van der Waals surface area contributed by atoms with E-state index < -0.39 is 0 Å². The van der Waals surface area contributed by atoms with E-state index in [9.17, 15) is 9.59 Å². The fraction of sp³-hybridized carbons (Fsp3) is 0.500. The standard InChI is InChI=1S/C18H25N5O2/c1-12(2)19-18(25)23-9-7-22(8-10-23)17(24)14-5-6-16-15(11-14)20-13(3)21(16)4/h5-6,11-12H,7-10H2,1-4H3,(H,19,25). The summed E-state index contributed by atoms with van der Waals surface area (Å²) >= 11 is 0. The van der Waals surface area contributed by atoms with E-state index in [4.69, 9.17) is 0 Å². The highest BCUT2D eigenvalue weighted by Gasteiger charge is 2.25. The molecule has 0 bridgehead atoms. The van der Waals surface area contributed by atoms with Crippen LogP contribution in [-0.2, 0) is 7.05 Å². The van der Waals surface area contributed by atoms with Crippen LogP contribution in [0.25, 0.3) is 11.0 Å². The van der Waals surface area contributed by atoms with Gasteiger partial charge in [0.2, 0.25) is 0 Å². The van der Waals surface area contributed by atoms with E-state index >= 15 is 0 Å². The van der Waals surface area contributed by atoms with Crippen molar-refractivity contribution in [3.05, 3.63) is 29.6 Å². The Morgan fingerprint density at radius 1 is 1.12 bits per heavy atom. The molecule has 3 rings (SSSR count). The SMILES string of the molecule is Cc1nc2cc(C(=O)N3CCN(C(=O)NC(C)C)CC3)ccc2n1C. The summed E-state index contributed by atoms with van der Waals surface area (Å²) in [4.78, 5) is 32.9. The molecule has 0 atom stereocenters. The first-order valence-corrected chi connectivity index (χ1v) is 8.64. The van der Waals surface area contributed by atoms with Gasteiger partial charge in [0, 0.05) is 44.8 Å². The predicted octanol–water partition coefficient (Wildman–Crippen LogP) is 1.76. The molecule has 25 heavy (non-hydrogen) atoms. The van der Waals surface area contributed by atoms with Crippen LogP contribution in [0.3, 0.4) is 0 Å². The van der Waals surface area contributed by atoms with Crippen molar-refractivity contribution in [1.29, 1.82) is 0 Å². The second kappa shape index (κ2) is 6.74. The number of piperazine rings is 1. The molecule has 1 aliphatic rings. The van der Waals surface area contributed by atoms with E-state index in [-0.39, 0.29) is 18.0 Å². The monoisotopic (exact) mass is 343 g/mol. The lowest BCUT2D eigenvalue weighted by atomic mass is 10.1. The van der Waals surface area contributed by atoms with Crippen LogP contribution in [0.2, 0.25) is 0 Å². The van der Waals surface area contributed by atoms with Gasteiger partial charge in [-0.05, 0) is 39.0 Å². The van der Waals surface area contributed by atoms with Crippen LogP contribution in [0, 0.1) is 6.92 Å². The van der Waals surface area contributed by atoms with Crippen molar-refractivity contribution < 1.29 is 9.59 Å². The molecular formula is C18H25N5O2. The Balaban J connectivity index is 1.67. The van der Waals surface area contributed by atoms with E-state index in [0.29, 0.717) is 31.7 Å². The fourth-order valence-corrected chi connectivity index (χ4v) is 3.09. The third-order valence-electron chi connectivity index (χ3n) is 4.62. The lowest BCUT2D eigenvalue weighted by Gasteiger charge is -2.35. The van der Waals surface area contributed by atoms with E-state index in [0.717, 1.165) is 16.9 Å². The van der Waals surface area contributed by atoms with Crippen molar-refractivity contribution in [2.24, 2.45) is 7.05 Å². The quantitative estimate of drug-likeness (QED) is 0.903. The maximum absolute atomic E-state index is 12.8. The topological polar surface area (TPSA) is 70.5 Å². The summed E-state index contributed by atoms with van der Waals surface area (Å²) in [5.41, 5.74) is 2.50. The molecule has 7 heteroatoms. The molecular weight excluding hydrogens is 318 g/mol. The highest BCUT2D eigenvalue weighted by Crippen LogP contribution is 2.18.